The number of hydrogen-bond donors (Lipinski definition) is 2. The molecule has 0 amide bonds. The Labute approximate surface area is 170 Å². The number of ether oxygens (including phenoxy) is 1. The Kier molecular flexibility index (Phi) is 9.11. The van der Waals surface area contributed by atoms with Crippen LogP contribution < -0.4 is 10.6 Å². The van der Waals surface area contributed by atoms with E-state index in [0.717, 1.165) is 51.7 Å². The summed E-state index contributed by atoms with van der Waals surface area (Å²) in [6, 6.07) is 11.3. The highest BCUT2D eigenvalue weighted by Crippen LogP contribution is 2.20. The smallest absolute Gasteiger partial charge is 0.191 e. The van der Waals surface area contributed by atoms with Gasteiger partial charge in [-0.3, -0.25) is 9.89 Å². The first kappa shape index (κ1) is 21.1. The van der Waals surface area contributed by atoms with Crippen molar-refractivity contribution in [3.8, 4) is 0 Å². The lowest BCUT2D eigenvalue weighted by Gasteiger charge is -2.33. The van der Waals surface area contributed by atoms with Gasteiger partial charge in [0.15, 0.2) is 5.96 Å². The van der Waals surface area contributed by atoms with Crippen LogP contribution in [0.4, 0.5) is 0 Å². The Morgan fingerprint density at radius 2 is 1.86 bits per heavy atom. The van der Waals surface area contributed by atoms with Crippen LogP contribution in [-0.2, 0) is 11.3 Å². The summed E-state index contributed by atoms with van der Waals surface area (Å²) in [7, 11) is 0. The van der Waals surface area contributed by atoms with Crippen LogP contribution in [0, 0.1) is 0 Å². The third-order valence-electron chi connectivity index (χ3n) is 5.75. The fraction of sp³-hybridized carbons (Fsp3) is 0.696. The molecule has 1 aromatic carbocycles. The fourth-order valence-electron chi connectivity index (χ4n) is 4.15. The van der Waals surface area contributed by atoms with Crippen molar-refractivity contribution in [2.45, 2.75) is 70.6 Å². The lowest BCUT2D eigenvalue weighted by atomic mass is 10.0. The van der Waals surface area contributed by atoms with Crippen molar-refractivity contribution in [3.63, 3.8) is 0 Å². The molecule has 0 aromatic heterocycles. The number of hydrogen-bond acceptors (Lipinski definition) is 3. The van der Waals surface area contributed by atoms with Crippen LogP contribution in [0.5, 0.6) is 0 Å². The fourth-order valence-corrected chi connectivity index (χ4v) is 4.15. The van der Waals surface area contributed by atoms with Crippen LogP contribution in [0.25, 0.3) is 0 Å². The molecular weight excluding hydrogens is 348 g/mol. The van der Waals surface area contributed by atoms with Gasteiger partial charge in [-0.15, -0.1) is 0 Å². The predicted octanol–water partition coefficient (Wildman–Crippen LogP) is 3.56. The molecule has 5 nitrogen and oxygen atoms in total. The van der Waals surface area contributed by atoms with E-state index in [1.165, 1.54) is 44.1 Å². The molecule has 1 aliphatic heterocycles. The summed E-state index contributed by atoms with van der Waals surface area (Å²) in [6.45, 7) is 8.03. The number of aliphatic imine (C=N–C) groups is 1. The second kappa shape index (κ2) is 12.1. The van der Waals surface area contributed by atoms with E-state index in [0.29, 0.717) is 12.1 Å². The van der Waals surface area contributed by atoms with E-state index in [9.17, 15) is 0 Å². The second-order valence-corrected chi connectivity index (χ2v) is 8.07. The number of likely N-dealkylation sites (tertiary alicyclic amines) is 1. The van der Waals surface area contributed by atoms with Crippen molar-refractivity contribution in [3.05, 3.63) is 35.9 Å². The summed E-state index contributed by atoms with van der Waals surface area (Å²) in [5.74, 6) is 0.963. The van der Waals surface area contributed by atoms with Gasteiger partial charge in [0, 0.05) is 45.4 Å². The zero-order chi connectivity index (χ0) is 19.4. The van der Waals surface area contributed by atoms with Crippen LogP contribution in [-0.4, -0.2) is 55.8 Å². The first-order valence-corrected chi connectivity index (χ1v) is 11.3. The van der Waals surface area contributed by atoms with Gasteiger partial charge in [-0.25, -0.2) is 0 Å². The van der Waals surface area contributed by atoms with E-state index in [2.05, 4.69) is 52.8 Å². The minimum absolute atomic E-state index is 0.511. The molecule has 5 heteroatoms. The van der Waals surface area contributed by atoms with E-state index in [1.54, 1.807) is 0 Å². The second-order valence-electron chi connectivity index (χ2n) is 8.07. The minimum Gasteiger partial charge on any atom is -0.378 e. The maximum atomic E-state index is 5.94. The van der Waals surface area contributed by atoms with Gasteiger partial charge in [0.05, 0.1) is 6.10 Å². The molecule has 156 valence electrons. The van der Waals surface area contributed by atoms with E-state index in [1.807, 2.05) is 0 Å². The predicted molar refractivity (Wildman–Crippen MR) is 117 cm³/mol. The minimum atomic E-state index is 0.511. The van der Waals surface area contributed by atoms with Crippen LogP contribution in [0.2, 0.25) is 0 Å². The zero-order valence-electron chi connectivity index (χ0n) is 17.5. The van der Waals surface area contributed by atoms with Crippen molar-refractivity contribution in [1.29, 1.82) is 0 Å². The first-order valence-electron chi connectivity index (χ1n) is 11.3. The number of guanidine groups is 1. The van der Waals surface area contributed by atoms with Gasteiger partial charge in [0.25, 0.3) is 0 Å². The van der Waals surface area contributed by atoms with E-state index >= 15 is 0 Å². The number of nitrogens with one attached hydrogen (secondary N) is 2. The van der Waals surface area contributed by atoms with Crippen molar-refractivity contribution < 1.29 is 4.74 Å². The molecule has 2 aliphatic rings. The van der Waals surface area contributed by atoms with Crippen molar-refractivity contribution in [2.24, 2.45) is 4.99 Å². The molecule has 2 fully saturated rings. The first-order chi connectivity index (χ1) is 13.8. The number of benzene rings is 1. The lowest BCUT2D eigenvalue weighted by molar-refractivity contribution is 0.0579. The Hall–Kier alpha value is -1.59. The van der Waals surface area contributed by atoms with Gasteiger partial charge in [-0.05, 0) is 44.6 Å². The summed E-state index contributed by atoms with van der Waals surface area (Å²) in [5, 5.41) is 7.04. The third-order valence-corrected chi connectivity index (χ3v) is 5.75. The SMILES string of the molecule is CCNC(=NCCCOC1CCCC1)NC1CCN(Cc2ccccc2)CC1. The van der Waals surface area contributed by atoms with Gasteiger partial charge in [-0.2, -0.15) is 0 Å². The lowest BCUT2D eigenvalue weighted by Crippen LogP contribution is -2.48. The molecular formula is C23H38N4O. The number of nitrogens with zero attached hydrogens (tertiary/aromatic N) is 2. The van der Waals surface area contributed by atoms with Crippen LogP contribution in [0.15, 0.2) is 35.3 Å². The van der Waals surface area contributed by atoms with Gasteiger partial charge in [0.1, 0.15) is 0 Å². The quantitative estimate of drug-likeness (QED) is 0.387. The van der Waals surface area contributed by atoms with E-state index < -0.39 is 0 Å². The Morgan fingerprint density at radius 1 is 1.11 bits per heavy atom. The van der Waals surface area contributed by atoms with E-state index in [-0.39, 0.29) is 0 Å². The molecule has 1 saturated heterocycles. The topological polar surface area (TPSA) is 48.9 Å². The summed E-state index contributed by atoms with van der Waals surface area (Å²) in [4.78, 5) is 7.31. The van der Waals surface area contributed by atoms with Gasteiger partial charge in [-0.1, -0.05) is 43.2 Å². The van der Waals surface area contributed by atoms with Crippen LogP contribution >= 0.6 is 0 Å². The molecule has 0 bridgehead atoms. The normalized spacial score (nSPS) is 19.8. The molecule has 0 atom stereocenters. The summed E-state index contributed by atoms with van der Waals surface area (Å²) in [5.41, 5.74) is 1.41. The molecule has 1 heterocycles. The monoisotopic (exact) mass is 386 g/mol. The highest BCUT2D eigenvalue weighted by Gasteiger charge is 2.20. The molecule has 0 unspecified atom stereocenters. The van der Waals surface area contributed by atoms with Gasteiger partial charge >= 0.3 is 0 Å². The standard InChI is InChI=1S/C23H38N4O/c1-2-24-23(25-15-8-18-28-22-11-6-7-12-22)26-21-13-16-27(17-14-21)19-20-9-4-3-5-10-20/h3-5,9-10,21-22H,2,6-8,11-19H2,1H3,(H2,24,25,26). The van der Waals surface area contributed by atoms with Crippen molar-refractivity contribution in [1.82, 2.24) is 15.5 Å². The average Bonchev–Trinajstić information content (AvgIpc) is 3.24. The third kappa shape index (κ3) is 7.44. The summed E-state index contributed by atoms with van der Waals surface area (Å²) in [6.07, 6.45) is 9.01. The highest BCUT2D eigenvalue weighted by molar-refractivity contribution is 5.80. The molecule has 1 saturated carbocycles. The highest BCUT2D eigenvalue weighted by atomic mass is 16.5. The molecule has 2 N–H and O–H groups in total. The van der Waals surface area contributed by atoms with Crippen molar-refractivity contribution >= 4 is 5.96 Å². The maximum Gasteiger partial charge on any atom is 0.191 e. The molecule has 0 radical (unpaired) electrons. The molecule has 0 spiro atoms. The maximum absolute atomic E-state index is 5.94. The Balaban J connectivity index is 1.34. The Bertz CT molecular complexity index is 563. The van der Waals surface area contributed by atoms with Crippen LogP contribution in [0.3, 0.4) is 0 Å². The van der Waals surface area contributed by atoms with Crippen LogP contribution in [0.1, 0.15) is 57.4 Å². The van der Waals surface area contributed by atoms with Crippen molar-refractivity contribution in [2.75, 3.05) is 32.8 Å². The molecule has 1 aromatic rings. The largest absolute Gasteiger partial charge is 0.378 e. The zero-order valence-corrected chi connectivity index (χ0v) is 17.5. The molecule has 28 heavy (non-hydrogen) atoms. The number of piperidine rings is 1. The van der Waals surface area contributed by atoms with Gasteiger partial charge in [0.2, 0.25) is 0 Å². The number of rotatable bonds is 9. The van der Waals surface area contributed by atoms with E-state index in [4.69, 9.17) is 9.73 Å². The van der Waals surface area contributed by atoms with Gasteiger partial charge < -0.3 is 15.4 Å². The molecule has 3 rings (SSSR count). The molecule has 1 aliphatic carbocycles. The summed E-state index contributed by atoms with van der Waals surface area (Å²) >= 11 is 0. The average molecular weight is 387 g/mol. The summed E-state index contributed by atoms with van der Waals surface area (Å²) < 4.78 is 5.94. The Morgan fingerprint density at radius 3 is 2.57 bits per heavy atom.